The molecule has 0 fully saturated rings. The summed E-state index contributed by atoms with van der Waals surface area (Å²) in [5.41, 5.74) is -2.08. The summed E-state index contributed by atoms with van der Waals surface area (Å²) < 4.78 is 90.2. The lowest BCUT2D eigenvalue weighted by Crippen LogP contribution is -2.24. The Bertz CT molecular complexity index is 3070. The first-order chi connectivity index (χ1) is 30.7. The molecule has 2 aliphatic heterocycles. The van der Waals surface area contributed by atoms with Crippen molar-refractivity contribution in [3.8, 4) is 45.9 Å². The van der Waals surface area contributed by atoms with E-state index in [4.69, 9.17) is 33.5 Å². The zero-order chi connectivity index (χ0) is 47.7. The Morgan fingerprint density at radius 2 is 1.18 bits per heavy atom. The van der Waals surface area contributed by atoms with E-state index in [-0.39, 0.29) is 86.0 Å². The van der Waals surface area contributed by atoms with Gasteiger partial charge in [0.1, 0.15) is 44.6 Å². The monoisotopic (exact) mass is 970 g/mol. The quantitative estimate of drug-likeness (QED) is 0.0641. The number of carboxylic acids is 1. The van der Waals surface area contributed by atoms with E-state index < -0.39 is 70.1 Å². The molecule has 4 aromatic carbocycles. The molecule has 8 rings (SSSR count). The summed E-state index contributed by atoms with van der Waals surface area (Å²) >= 11 is 2.99. The van der Waals surface area contributed by atoms with Crippen LogP contribution in [0.1, 0.15) is 55.3 Å². The molecule has 0 amide bonds. The van der Waals surface area contributed by atoms with Crippen LogP contribution in [0.5, 0.6) is 34.5 Å². The number of hydrogen-bond donors (Lipinski definition) is 2. The predicted molar refractivity (Wildman–Crippen MR) is 225 cm³/mol. The van der Waals surface area contributed by atoms with Gasteiger partial charge in [-0.15, -0.1) is 0 Å². The van der Waals surface area contributed by atoms with Crippen LogP contribution < -0.4 is 25.1 Å². The molecule has 2 N–H and O–H groups in total. The van der Waals surface area contributed by atoms with E-state index in [9.17, 15) is 51.4 Å². The molecular formula is C44H35BrF4N2O14. The molecule has 4 heterocycles. The SMILES string of the molecule is CC(C)(C)OC(=O)CBr.CCOC(=O)c1cn2c3c(c(F)c(F)cc3c1=O)Oc1cc(O)ccc1-2.CCOC(=O)c1cn2c3c(c(F)c(F)cc3c1=O)Oc1cc(OCC(=O)O)ccc1-2. The van der Waals surface area contributed by atoms with Gasteiger partial charge in [0.05, 0.1) is 35.4 Å². The van der Waals surface area contributed by atoms with Crippen molar-refractivity contribution in [3.05, 3.63) is 116 Å². The number of fused-ring (bicyclic) bond motifs is 4. The lowest BCUT2D eigenvalue weighted by atomic mass is 10.1. The third-order valence-electron chi connectivity index (χ3n) is 8.98. The van der Waals surface area contributed by atoms with Crippen molar-refractivity contribution in [1.82, 2.24) is 9.13 Å². The topological polar surface area (TPSA) is 208 Å². The second kappa shape index (κ2) is 18.7. The van der Waals surface area contributed by atoms with Crippen LogP contribution in [0.3, 0.4) is 0 Å². The van der Waals surface area contributed by atoms with E-state index >= 15 is 0 Å². The number of hydrogen-bond acceptors (Lipinski definition) is 13. The largest absolute Gasteiger partial charge is 0.508 e. The molecule has 0 bridgehead atoms. The molecule has 2 aliphatic rings. The van der Waals surface area contributed by atoms with E-state index in [1.165, 1.54) is 57.9 Å². The molecule has 21 heteroatoms. The zero-order valence-corrected chi connectivity index (χ0v) is 36.3. The number of pyridine rings is 2. The van der Waals surface area contributed by atoms with Gasteiger partial charge in [-0.25, -0.2) is 23.2 Å². The number of rotatable bonds is 8. The minimum Gasteiger partial charge on any atom is -0.508 e. The van der Waals surface area contributed by atoms with Gasteiger partial charge in [-0.2, -0.15) is 8.78 Å². The van der Waals surface area contributed by atoms with Crippen molar-refractivity contribution in [1.29, 1.82) is 0 Å². The van der Waals surface area contributed by atoms with Gasteiger partial charge in [0.2, 0.25) is 22.5 Å². The Morgan fingerprint density at radius 3 is 1.60 bits per heavy atom. The fourth-order valence-corrected chi connectivity index (χ4v) is 6.58. The summed E-state index contributed by atoms with van der Waals surface area (Å²) in [7, 11) is 0. The molecule has 0 aliphatic carbocycles. The summed E-state index contributed by atoms with van der Waals surface area (Å²) in [6, 6.07) is 9.67. The van der Waals surface area contributed by atoms with Crippen LogP contribution >= 0.6 is 15.9 Å². The predicted octanol–water partition coefficient (Wildman–Crippen LogP) is 7.99. The first-order valence-corrected chi connectivity index (χ1v) is 20.3. The third kappa shape index (κ3) is 9.59. The highest BCUT2D eigenvalue weighted by Crippen LogP contribution is 2.45. The highest BCUT2D eigenvalue weighted by molar-refractivity contribution is 9.09. The molecule has 0 atom stereocenters. The maximum absolute atomic E-state index is 14.5. The van der Waals surface area contributed by atoms with Crippen LogP contribution in [0.15, 0.2) is 70.5 Å². The van der Waals surface area contributed by atoms with E-state index in [2.05, 4.69) is 15.9 Å². The number of esters is 3. The maximum Gasteiger partial charge on any atom is 0.343 e. The number of nitrogens with zero attached hydrogens (tertiary/aromatic N) is 2. The fourth-order valence-electron chi connectivity index (χ4n) is 6.46. The fraction of sp³-hybridized carbons (Fsp3) is 0.227. The van der Waals surface area contributed by atoms with Gasteiger partial charge in [-0.1, -0.05) is 15.9 Å². The number of aliphatic carboxylic acids is 1. The van der Waals surface area contributed by atoms with Gasteiger partial charge >= 0.3 is 23.9 Å². The number of benzene rings is 4. The van der Waals surface area contributed by atoms with Crippen LogP contribution in [-0.2, 0) is 23.8 Å². The summed E-state index contributed by atoms with van der Waals surface area (Å²) in [5.74, 6) is -9.44. The smallest absolute Gasteiger partial charge is 0.343 e. The molecule has 16 nitrogen and oxygen atoms in total. The Kier molecular flexibility index (Phi) is 13.6. The summed E-state index contributed by atoms with van der Waals surface area (Å²) in [6.45, 7) is 8.12. The van der Waals surface area contributed by atoms with Crippen LogP contribution in [0, 0.1) is 23.3 Å². The van der Waals surface area contributed by atoms with Gasteiger partial charge in [0.15, 0.2) is 41.2 Å². The van der Waals surface area contributed by atoms with Crippen molar-refractivity contribution >= 4 is 61.6 Å². The number of carboxylic acid groups (broad SMARTS) is 1. The normalized spacial score (nSPS) is 11.6. The van der Waals surface area contributed by atoms with Gasteiger partial charge in [0, 0.05) is 24.5 Å². The molecule has 6 aromatic rings. The average molecular weight is 972 g/mol. The number of aromatic hydroxyl groups is 1. The van der Waals surface area contributed by atoms with Crippen molar-refractivity contribution in [2.75, 3.05) is 25.2 Å². The lowest BCUT2D eigenvalue weighted by Gasteiger charge is -2.24. The molecule has 0 saturated carbocycles. The lowest BCUT2D eigenvalue weighted by molar-refractivity contribution is -0.151. The van der Waals surface area contributed by atoms with Crippen molar-refractivity contribution in [2.45, 2.75) is 40.2 Å². The zero-order valence-electron chi connectivity index (χ0n) is 34.7. The Balaban J connectivity index is 0.000000183. The standard InChI is InChI=1S/C20H13F2NO7.C18H11F2NO5.C6H11BrO2/c1-2-28-20(27)11-7-23-13-4-3-9(29-8-15(24)25)5-14(13)30-19-16(22)12(21)6-10(17(19)23)18(11)26;1-2-25-18(24)10-7-21-12-4-3-8(22)5-13(12)26-17-14(20)11(19)6-9(15(17)21)16(10)23;1-6(2,3)9-5(8)4-7/h3-7H,2,8H2,1H3,(H,24,25);3-7,22H,2H2,1H3;4H2,1-3H3. The Hall–Kier alpha value is -7.42. The minimum absolute atomic E-state index is 0.00893. The van der Waals surface area contributed by atoms with E-state index in [0.717, 1.165) is 6.07 Å². The van der Waals surface area contributed by atoms with Gasteiger partial charge in [0.25, 0.3) is 0 Å². The number of aromatic nitrogens is 2. The van der Waals surface area contributed by atoms with Crippen LogP contribution in [0.2, 0.25) is 0 Å². The third-order valence-corrected chi connectivity index (χ3v) is 9.44. The molecule has 2 aromatic heterocycles. The van der Waals surface area contributed by atoms with E-state index in [0.29, 0.717) is 17.4 Å². The Morgan fingerprint density at radius 1 is 0.723 bits per heavy atom. The van der Waals surface area contributed by atoms with Gasteiger partial charge in [-0.05, 0) is 71.0 Å². The summed E-state index contributed by atoms with van der Waals surface area (Å²) in [5, 5.41) is 18.2. The summed E-state index contributed by atoms with van der Waals surface area (Å²) in [6.07, 6.45) is 2.37. The minimum atomic E-state index is -1.33. The van der Waals surface area contributed by atoms with Gasteiger partial charge in [-0.3, -0.25) is 14.4 Å². The second-order valence-electron chi connectivity index (χ2n) is 14.6. The second-order valence-corrected chi connectivity index (χ2v) is 15.2. The molecule has 65 heavy (non-hydrogen) atoms. The number of phenolic OH excluding ortho intramolecular Hbond substituents is 1. The number of halogens is 5. The van der Waals surface area contributed by atoms with Crippen LogP contribution in [0.25, 0.3) is 33.2 Å². The highest BCUT2D eigenvalue weighted by Gasteiger charge is 2.31. The first-order valence-electron chi connectivity index (χ1n) is 19.1. The van der Waals surface area contributed by atoms with Crippen LogP contribution in [0.4, 0.5) is 17.6 Å². The molecule has 0 radical (unpaired) electrons. The van der Waals surface area contributed by atoms with Crippen molar-refractivity contribution < 1.29 is 75.4 Å². The number of carbonyl (C=O) groups excluding carboxylic acids is 3. The first kappa shape index (κ1) is 47.1. The number of phenols is 1. The highest BCUT2D eigenvalue weighted by atomic mass is 79.9. The van der Waals surface area contributed by atoms with Gasteiger partial charge < -0.3 is 47.8 Å². The maximum atomic E-state index is 14.5. The number of ether oxygens (including phenoxy) is 6. The van der Waals surface area contributed by atoms with Crippen LogP contribution in [-0.4, -0.2) is 74.0 Å². The van der Waals surface area contributed by atoms with Crippen molar-refractivity contribution in [2.24, 2.45) is 0 Å². The average Bonchev–Trinajstić information content (AvgIpc) is 3.24. The summed E-state index contributed by atoms with van der Waals surface area (Å²) in [4.78, 5) is 71.0. The molecule has 0 unspecified atom stereocenters. The molecule has 0 spiro atoms. The van der Waals surface area contributed by atoms with Crippen molar-refractivity contribution in [3.63, 3.8) is 0 Å². The number of alkyl halides is 1. The van der Waals surface area contributed by atoms with E-state index in [1.807, 2.05) is 20.8 Å². The molecule has 340 valence electrons. The molecule has 0 saturated heterocycles. The van der Waals surface area contributed by atoms with E-state index in [1.54, 1.807) is 13.8 Å². The number of carbonyl (C=O) groups is 4. The Labute approximate surface area is 372 Å². The molecular weight excluding hydrogens is 936 g/mol.